The molecule has 1 aliphatic heterocycles. The lowest BCUT2D eigenvalue weighted by Gasteiger charge is -2.42. The van der Waals surface area contributed by atoms with Crippen LogP contribution in [-0.2, 0) is 6.42 Å². The number of nitrogens with zero attached hydrogens (tertiary/aromatic N) is 1. The van der Waals surface area contributed by atoms with Crippen molar-refractivity contribution in [2.24, 2.45) is 0 Å². The van der Waals surface area contributed by atoms with E-state index in [2.05, 4.69) is 61.1 Å². The van der Waals surface area contributed by atoms with Gasteiger partial charge >= 0.3 is 0 Å². The maximum atomic E-state index is 4.21. The SMILES string of the molecule is C=C(C)[C@H]1[C@@H](NC)CCCN1CCCc1ccccc1. The van der Waals surface area contributed by atoms with E-state index in [4.69, 9.17) is 0 Å². The Morgan fingerprint density at radius 2 is 2.10 bits per heavy atom. The summed E-state index contributed by atoms with van der Waals surface area (Å²) in [4.78, 5) is 2.62. The number of piperidine rings is 1. The van der Waals surface area contributed by atoms with Crippen LogP contribution in [0.4, 0.5) is 0 Å². The monoisotopic (exact) mass is 272 g/mol. The van der Waals surface area contributed by atoms with E-state index < -0.39 is 0 Å². The minimum absolute atomic E-state index is 0.504. The fraction of sp³-hybridized carbons (Fsp3) is 0.556. The topological polar surface area (TPSA) is 15.3 Å². The molecular weight excluding hydrogens is 244 g/mol. The van der Waals surface area contributed by atoms with Crippen LogP contribution in [0.3, 0.4) is 0 Å². The lowest BCUT2D eigenvalue weighted by Crippen LogP contribution is -2.53. The van der Waals surface area contributed by atoms with Crippen LogP contribution in [0.25, 0.3) is 0 Å². The van der Waals surface area contributed by atoms with E-state index >= 15 is 0 Å². The summed E-state index contributed by atoms with van der Waals surface area (Å²) in [5, 5.41) is 3.47. The van der Waals surface area contributed by atoms with Crippen LogP contribution in [0.15, 0.2) is 42.5 Å². The van der Waals surface area contributed by atoms with Gasteiger partial charge in [0.1, 0.15) is 0 Å². The molecule has 0 radical (unpaired) electrons. The molecular formula is C18H28N2. The third-order valence-corrected chi connectivity index (χ3v) is 4.36. The molecule has 1 saturated heterocycles. The van der Waals surface area contributed by atoms with Gasteiger partial charge < -0.3 is 5.32 Å². The van der Waals surface area contributed by atoms with E-state index in [-0.39, 0.29) is 0 Å². The molecule has 2 atom stereocenters. The molecule has 0 spiro atoms. The molecule has 1 fully saturated rings. The highest BCUT2D eigenvalue weighted by Crippen LogP contribution is 2.23. The average Bonchev–Trinajstić information content (AvgIpc) is 2.47. The Bertz CT molecular complexity index is 413. The van der Waals surface area contributed by atoms with Crippen molar-refractivity contribution >= 4 is 0 Å². The van der Waals surface area contributed by atoms with Crippen LogP contribution >= 0.6 is 0 Å². The molecule has 0 aliphatic carbocycles. The first kappa shape index (κ1) is 15.3. The summed E-state index contributed by atoms with van der Waals surface area (Å²) >= 11 is 0. The normalized spacial score (nSPS) is 23.7. The smallest absolute Gasteiger partial charge is 0.0455 e. The molecule has 0 amide bonds. The number of aryl methyl sites for hydroxylation is 1. The Balaban J connectivity index is 1.88. The molecule has 0 aromatic heterocycles. The van der Waals surface area contributed by atoms with Crippen molar-refractivity contribution in [1.82, 2.24) is 10.2 Å². The number of likely N-dealkylation sites (tertiary alicyclic amines) is 1. The van der Waals surface area contributed by atoms with Gasteiger partial charge in [-0.25, -0.2) is 0 Å². The van der Waals surface area contributed by atoms with Gasteiger partial charge in [0, 0.05) is 12.1 Å². The molecule has 1 N–H and O–H groups in total. The number of hydrogen-bond acceptors (Lipinski definition) is 2. The number of likely N-dealkylation sites (N-methyl/N-ethyl adjacent to an activating group) is 1. The Labute approximate surface area is 123 Å². The summed E-state index contributed by atoms with van der Waals surface area (Å²) in [5.74, 6) is 0. The van der Waals surface area contributed by atoms with E-state index in [0.29, 0.717) is 12.1 Å². The van der Waals surface area contributed by atoms with Gasteiger partial charge in [-0.15, -0.1) is 0 Å². The summed E-state index contributed by atoms with van der Waals surface area (Å²) < 4.78 is 0. The Morgan fingerprint density at radius 1 is 1.35 bits per heavy atom. The molecule has 0 bridgehead atoms. The maximum absolute atomic E-state index is 4.21. The molecule has 0 saturated carbocycles. The van der Waals surface area contributed by atoms with Crippen molar-refractivity contribution in [2.75, 3.05) is 20.1 Å². The van der Waals surface area contributed by atoms with Gasteiger partial charge in [-0.2, -0.15) is 0 Å². The number of hydrogen-bond donors (Lipinski definition) is 1. The van der Waals surface area contributed by atoms with Gasteiger partial charge in [0.2, 0.25) is 0 Å². The van der Waals surface area contributed by atoms with Crippen molar-refractivity contribution < 1.29 is 0 Å². The van der Waals surface area contributed by atoms with Crippen molar-refractivity contribution in [3.8, 4) is 0 Å². The first-order valence-corrected chi connectivity index (χ1v) is 7.83. The van der Waals surface area contributed by atoms with Gasteiger partial charge in [0.15, 0.2) is 0 Å². The molecule has 2 heteroatoms. The van der Waals surface area contributed by atoms with Crippen LogP contribution < -0.4 is 5.32 Å². The van der Waals surface area contributed by atoms with Crippen LogP contribution in [0.2, 0.25) is 0 Å². The van der Waals surface area contributed by atoms with E-state index in [0.717, 1.165) is 0 Å². The summed E-state index contributed by atoms with van der Waals surface area (Å²) in [6.45, 7) is 8.77. The second-order valence-electron chi connectivity index (χ2n) is 5.95. The predicted molar refractivity (Wildman–Crippen MR) is 87.0 cm³/mol. The maximum Gasteiger partial charge on any atom is 0.0455 e. The van der Waals surface area contributed by atoms with Crippen LogP contribution in [0.1, 0.15) is 31.7 Å². The summed E-state index contributed by atoms with van der Waals surface area (Å²) in [6, 6.07) is 11.9. The molecule has 110 valence electrons. The van der Waals surface area contributed by atoms with Crippen molar-refractivity contribution in [3.05, 3.63) is 48.0 Å². The van der Waals surface area contributed by atoms with Crippen LogP contribution in [0, 0.1) is 0 Å². The number of nitrogens with one attached hydrogen (secondary N) is 1. The number of rotatable bonds is 6. The lowest BCUT2D eigenvalue weighted by molar-refractivity contribution is 0.137. The predicted octanol–water partition coefficient (Wildman–Crippen LogP) is 3.25. The van der Waals surface area contributed by atoms with Gasteiger partial charge in [-0.05, 0) is 58.3 Å². The first-order chi connectivity index (χ1) is 9.72. The third-order valence-electron chi connectivity index (χ3n) is 4.36. The minimum Gasteiger partial charge on any atom is -0.315 e. The second kappa shape index (κ2) is 7.61. The quantitative estimate of drug-likeness (QED) is 0.800. The molecule has 2 rings (SSSR count). The Hall–Kier alpha value is -1.12. The van der Waals surface area contributed by atoms with Crippen LogP contribution in [-0.4, -0.2) is 37.1 Å². The van der Waals surface area contributed by atoms with E-state index in [1.54, 1.807) is 0 Å². The standard InChI is InChI=1S/C18H28N2/c1-15(2)18-17(19-3)12-8-14-20(18)13-7-11-16-9-5-4-6-10-16/h4-6,9-10,17-19H,1,7-8,11-14H2,2-3H3/t17-,18-/m0/s1. The Kier molecular flexibility index (Phi) is 5.81. The van der Waals surface area contributed by atoms with Crippen molar-refractivity contribution in [2.45, 2.75) is 44.7 Å². The van der Waals surface area contributed by atoms with Gasteiger partial charge in [0.25, 0.3) is 0 Å². The van der Waals surface area contributed by atoms with E-state index in [9.17, 15) is 0 Å². The fourth-order valence-electron chi connectivity index (χ4n) is 3.40. The highest BCUT2D eigenvalue weighted by Gasteiger charge is 2.30. The molecule has 1 heterocycles. The molecule has 1 aromatic rings. The molecule has 0 unspecified atom stereocenters. The summed E-state index contributed by atoms with van der Waals surface area (Å²) in [6.07, 6.45) is 4.96. The third kappa shape index (κ3) is 3.94. The van der Waals surface area contributed by atoms with Gasteiger partial charge in [-0.3, -0.25) is 4.90 Å². The molecule has 2 nitrogen and oxygen atoms in total. The van der Waals surface area contributed by atoms with Crippen LogP contribution in [0.5, 0.6) is 0 Å². The minimum atomic E-state index is 0.504. The zero-order valence-corrected chi connectivity index (χ0v) is 12.9. The largest absolute Gasteiger partial charge is 0.315 e. The zero-order valence-electron chi connectivity index (χ0n) is 12.9. The van der Waals surface area contributed by atoms with Crippen molar-refractivity contribution in [3.63, 3.8) is 0 Å². The van der Waals surface area contributed by atoms with Gasteiger partial charge in [-0.1, -0.05) is 42.5 Å². The number of benzene rings is 1. The van der Waals surface area contributed by atoms with Crippen molar-refractivity contribution in [1.29, 1.82) is 0 Å². The first-order valence-electron chi connectivity index (χ1n) is 7.83. The molecule has 20 heavy (non-hydrogen) atoms. The Morgan fingerprint density at radius 3 is 2.75 bits per heavy atom. The average molecular weight is 272 g/mol. The summed E-state index contributed by atoms with van der Waals surface area (Å²) in [5.41, 5.74) is 2.74. The van der Waals surface area contributed by atoms with Gasteiger partial charge in [0.05, 0.1) is 0 Å². The lowest BCUT2D eigenvalue weighted by atomic mass is 9.91. The fourth-order valence-corrected chi connectivity index (χ4v) is 3.40. The van der Waals surface area contributed by atoms with E-state index in [1.807, 2.05) is 0 Å². The highest BCUT2D eigenvalue weighted by molar-refractivity contribution is 5.15. The van der Waals surface area contributed by atoms with E-state index in [1.165, 1.54) is 49.9 Å². The summed E-state index contributed by atoms with van der Waals surface area (Å²) in [7, 11) is 2.08. The molecule has 1 aliphatic rings. The second-order valence-corrected chi connectivity index (χ2v) is 5.95. The molecule has 1 aromatic carbocycles. The highest BCUT2D eigenvalue weighted by atomic mass is 15.2. The zero-order chi connectivity index (χ0) is 14.4.